The summed E-state index contributed by atoms with van der Waals surface area (Å²) in [6.07, 6.45) is 0. The molecule has 19 heavy (non-hydrogen) atoms. The highest BCUT2D eigenvalue weighted by Gasteiger charge is 2.37. The van der Waals surface area contributed by atoms with Crippen LogP contribution in [0, 0.1) is 0 Å². The molecule has 0 atom stereocenters. The number of rotatable bonds is 0. The quantitative estimate of drug-likeness (QED) is 0.581. The fourth-order valence-corrected chi connectivity index (χ4v) is 5.06. The summed E-state index contributed by atoms with van der Waals surface area (Å²) in [5, 5.41) is 0. The molecule has 0 saturated heterocycles. The van der Waals surface area contributed by atoms with Crippen LogP contribution in [-0.2, 0) is 0 Å². The van der Waals surface area contributed by atoms with Crippen molar-refractivity contribution in [2.45, 2.75) is 13.1 Å². The third-order valence-electron chi connectivity index (χ3n) is 3.59. The molecule has 1 aliphatic heterocycles. The van der Waals surface area contributed by atoms with Gasteiger partial charge in [-0.2, -0.15) is 0 Å². The van der Waals surface area contributed by atoms with Crippen LogP contribution < -0.4 is 4.43 Å². The Morgan fingerprint density at radius 3 is 2.63 bits per heavy atom. The van der Waals surface area contributed by atoms with Crippen LogP contribution in [0.4, 0.5) is 0 Å². The zero-order chi connectivity index (χ0) is 13.0. The van der Waals surface area contributed by atoms with Crippen molar-refractivity contribution in [2.75, 3.05) is 0 Å². The lowest BCUT2D eigenvalue weighted by molar-refractivity contribution is 0.528. The van der Waals surface area contributed by atoms with E-state index in [2.05, 4.69) is 41.6 Å². The first-order valence-corrected chi connectivity index (χ1v) is 9.29. The molecule has 0 N–H and O–H groups in total. The number of fused-ring (bicyclic) bond motifs is 5. The van der Waals surface area contributed by atoms with Gasteiger partial charge < -0.3 is 8.66 Å². The van der Waals surface area contributed by atoms with Gasteiger partial charge in [0, 0.05) is 0 Å². The van der Waals surface area contributed by atoms with Crippen LogP contribution >= 0.6 is 0 Å². The Bertz CT molecular complexity index is 792. The first kappa shape index (κ1) is 10.8. The maximum absolute atomic E-state index is 6.27. The highest BCUT2D eigenvalue weighted by atomic mass is 28.4. The number of benzene rings is 2. The first-order valence-electron chi connectivity index (χ1n) is 6.43. The Balaban J connectivity index is 2.16. The highest BCUT2D eigenvalue weighted by molar-refractivity contribution is 6.72. The molecule has 4 heteroatoms. The van der Waals surface area contributed by atoms with Crippen molar-refractivity contribution in [1.82, 2.24) is 9.22 Å². The molecule has 3 nitrogen and oxygen atoms in total. The van der Waals surface area contributed by atoms with Gasteiger partial charge in [0.1, 0.15) is 11.6 Å². The van der Waals surface area contributed by atoms with Crippen LogP contribution in [0.3, 0.4) is 0 Å². The summed E-state index contributed by atoms with van der Waals surface area (Å²) in [5.41, 5.74) is 3.30. The zero-order valence-corrected chi connectivity index (χ0v) is 11.9. The average Bonchev–Trinajstić information content (AvgIpc) is 2.78. The Kier molecular flexibility index (Phi) is 1.98. The molecular weight excluding hydrogens is 252 g/mol. The molecule has 0 spiro atoms. The lowest BCUT2D eigenvalue weighted by Crippen LogP contribution is -2.46. The molecule has 2 aromatic carbocycles. The van der Waals surface area contributed by atoms with Gasteiger partial charge in [-0.25, -0.2) is 4.98 Å². The summed E-state index contributed by atoms with van der Waals surface area (Å²) < 4.78 is 8.58. The SMILES string of the molecule is C[Si]1(C)Oc2ccccc2-c2nc3ccccc3n21. The van der Waals surface area contributed by atoms with Crippen molar-refractivity contribution in [1.29, 1.82) is 0 Å². The Morgan fingerprint density at radius 1 is 1.00 bits per heavy atom. The van der Waals surface area contributed by atoms with E-state index in [0.717, 1.165) is 22.7 Å². The van der Waals surface area contributed by atoms with Crippen LogP contribution in [0.1, 0.15) is 0 Å². The largest absolute Gasteiger partial charge is 0.524 e. The standard InChI is InChI=1S/C15H14N2OSi/c1-19(2)17-13-9-5-4-8-12(13)16-15(17)11-7-3-6-10-14(11)18-19/h3-10H,1-2H3. The fraction of sp³-hybridized carbons (Fsp3) is 0.133. The molecule has 1 aromatic heterocycles. The molecule has 3 aromatic rings. The van der Waals surface area contributed by atoms with Gasteiger partial charge in [0.2, 0.25) is 0 Å². The summed E-state index contributed by atoms with van der Waals surface area (Å²) in [6.45, 7) is 4.42. The summed E-state index contributed by atoms with van der Waals surface area (Å²) in [6, 6.07) is 16.4. The third kappa shape index (κ3) is 1.40. The van der Waals surface area contributed by atoms with E-state index in [1.54, 1.807) is 0 Å². The number of aromatic nitrogens is 2. The van der Waals surface area contributed by atoms with Gasteiger partial charge in [-0.1, -0.05) is 24.3 Å². The van der Waals surface area contributed by atoms with E-state index in [1.165, 1.54) is 5.52 Å². The van der Waals surface area contributed by atoms with Gasteiger partial charge >= 0.3 is 8.48 Å². The van der Waals surface area contributed by atoms with Crippen molar-refractivity contribution in [3.05, 3.63) is 48.5 Å². The van der Waals surface area contributed by atoms with E-state index < -0.39 is 8.48 Å². The Labute approximate surface area is 112 Å². The molecule has 0 bridgehead atoms. The molecule has 0 radical (unpaired) electrons. The van der Waals surface area contributed by atoms with E-state index in [-0.39, 0.29) is 0 Å². The molecule has 0 fully saturated rings. The van der Waals surface area contributed by atoms with Crippen LogP contribution in [0.2, 0.25) is 13.1 Å². The predicted molar refractivity (Wildman–Crippen MR) is 78.7 cm³/mol. The van der Waals surface area contributed by atoms with Crippen molar-refractivity contribution >= 4 is 19.5 Å². The molecule has 0 unspecified atom stereocenters. The van der Waals surface area contributed by atoms with Crippen molar-refractivity contribution in [3.8, 4) is 17.1 Å². The average molecular weight is 266 g/mol. The second kappa shape index (κ2) is 3.48. The minimum absolute atomic E-state index is 0.960. The number of imidazole rings is 1. The van der Waals surface area contributed by atoms with E-state index in [9.17, 15) is 0 Å². The fourth-order valence-electron chi connectivity index (χ4n) is 2.81. The van der Waals surface area contributed by atoms with E-state index in [0.29, 0.717) is 0 Å². The summed E-state index contributed by atoms with van der Waals surface area (Å²) in [4.78, 5) is 4.81. The molecule has 94 valence electrons. The van der Waals surface area contributed by atoms with Gasteiger partial charge in [-0.15, -0.1) is 0 Å². The smallest absolute Gasteiger partial charge is 0.360 e. The second-order valence-electron chi connectivity index (χ2n) is 5.30. The molecule has 0 aliphatic carbocycles. The van der Waals surface area contributed by atoms with Gasteiger partial charge in [-0.05, 0) is 37.4 Å². The van der Waals surface area contributed by atoms with Gasteiger partial charge in [0.05, 0.1) is 16.6 Å². The second-order valence-corrected chi connectivity index (χ2v) is 8.85. The third-order valence-corrected chi connectivity index (χ3v) is 5.84. The summed E-state index contributed by atoms with van der Waals surface area (Å²) >= 11 is 0. The number of nitrogens with zero attached hydrogens (tertiary/aromatic N) is 2. The summed E-state index contributed by atoms with van der Waals surface area (Å²) in [5.74, 6) is 2.00. The van der Waals surface area contributed by atoms with Crippen LogP contribution in [0.5, 0.6) is 5.75 Å². The monoisotopic (exact) mass is 266 g/mol. The normalized spacial score (nSPS) is 15.7. The van der Waals surface area contributed by atoms with E-state index in [1.807, 2.05) is 24.3 Å². The zero-order valence-electron chi connectivity index (χ0n) is 10.9. The van der Waals surface area contributed by atoms with Crippen LogP contribution in [-0.4, -0.2) is 17.7 Å². The Hall–Kier alpha value is -2.07. The van der Waals surface area contributed by atoms with Gasteiger partial charge in [0.15, 0.2) is 0 Å². The maximum atomic E-state index is 6.27. The van der Waals surface area contributed by atoms with Crippen LogP contribution in [0.15, 0.2) is 48.5 Å². The van der Waals surface area contributed by atoms with E-state index >= 15 is 0 Å². The highest BCUT2D eigenvalue weighted by Crippen LogP contribution is 2.39. The predicted octanol–water partition coefficient (Wildman–Crippen LogP) is 3.65. The minimum Gasteiger partial charge on any atom is -0.524 e. The van der Waals surface area contributed by atoms with Gasteiger partial charge in [-0.3, -0.25) is 0 Å². The molecule has 4 rings (SSSR count). The molecule has 0 amide bonds. The lowest BCUT2D eigenvalue weighted by atomic mass is 10.2. The lowest BCUT2D eigenvalue weighted by Gasteiger charge is -2.32. The minimum atomic E-state index is -2.02. The first-order chi connectivity index (χ1) is 9.17. The van der Waals surface area contributed by atoms with Crippen molar-refractivity contribution < 1.29 is 4.43 Å². The molecule has 0 saturated carbocycles. The van der Waals surface area contributed by atoms with Crippen LogP contribution in [0.25, 0.3) is 22.4 Å². The molecule has 2 heterocycles. The van der Waals surface area contributed by atoms with Gasteiger partial charge in [0.25, 0.3) is 0 Å². The molecular formula is C15H14N2OSi. The topological polar surface area (TPSA) is 27.1 Å². The van der Waals surface area contributed by atoms with Crippen molar-refractivity contribution in [3.63, 3.8) is 0 Å². The number of hydrogen-bond acceptors (Lipinski definition) is 2. The summed E-state index contributed by atoms with van der Waals surface area (Å²) in [7, 11) is -2.02. The number of hydrogen-bond donors (Lipinski definition) is 0. The maximum Gasteiger partial charge on any atom is 0.360 e. The van der Waals surface area contributed by atoms with E-state index in [4.69, 9.17) is 9.41 Å². The number of para-hydroxylation sites is 3. The van der Waals surface area contributed by atoms with Crippen molar-refractivity contribution in [2.24, 2.45) is 0 Å². The Morgan fingerprint density at radius 2 is 1.74 bits per heavy atom. The molecule has 1 aliphatic rings.